The fourth-order valence-electron chi connectivity index (χ4n) is 3.09. The summed E-state index contributed by atoms with van der Waals surface area (Å²) in [5, 5.41) is 13.6. The lowest BCUT2D eigenvalue weighted by Crippen LogP contribution is -2.52. The van der Waals surface area contributed by atoms with Crippen LogP contribution in [0.15, 0.2) is 30.5 Å². The number of hydrogen-bond acceptors (Lipinski definition) is 3. The van der Waals surface area contributed by atoms with Crippen LogP contribution < -0.4 is 5.32 Å². The van der Waals surface area contributed by atoms with E-state index in [1.807, 2.05) is 6.07 Å². The molecule has 3 N–H and O–H groups in total. The lowest BCUT2D eigenvalue weighted by molar-refractivity contribution is -0.137. The fourth-order valence-corrected chi connectivity index (χ4v) is 3.09. The normalized spacial score (nSPS) is 19.9. The van der Waals surface area contributed by atoms with Gasteiger partial charge in [-0.05, 0) is 18.1 Å². The molecule has 1 saturated heterocycles. The van der Waals surface area contributed by atoms with E-state index in [-0.39, 0.29) is 6.42 Å². The number of carboxylic acid groups (broad SMARTS) is 1. The predicted molar refractivity (Wildman–Crippen MR) is 82.5 cm³/mol. The molecule has 0 radical (unpaired) electrons. The second-order valence-corrected chi connectivity index (χ2v) is 5.60. The van der Waals surface area contributed by atoms with Gasteiger partial charge < -0.3 is 15.4 Å². The summed E-state index contributed by atoms with van der Waals surface area (Å²) in [5.74, 6) is -0.723. The van der Waals surface area contributed by atoms with Crippen molar-refractivity contribution in [2.75, 3.05) is 26.2 Å². The van der Waals surface area contributed by atoms with E-state index >= 15 is 0 Å². The summed E-state index contributed by atoms with van der Waals surface area (Å²) >= 11 is 0. The summed E-state index contributed by atoms with van der Waals surface area (Å²) < 4.78 is 0. The van der Waals surface area contributed by atoms with E-state index in [0.717, 1.165) is 31.6 Å². The molecule has 2 heterocycles. The van der Waals surface area contributed by atoms with E-state index in [1.54, 1.807) is 0 Å². The maximum absolute atomic E-state index is 10.8. The monoisotopic (exact) mass is 287 g/mol. The van der Waals surface area contributed by atoms with Crippen LogP contribution in [0.5, 0.6) is 0 Å². The highest BCUT2D eigenvalue weighted by atomic mass is 16.4. The van der Waals surface area contributed by atoms with Gasteiger partial charge in [0.05, 0.1) is 6.42 Å². The number of para-hydroxylation sites is 1. The van der Waals surface area contributed by atoms with Gasteiger partial charge in [-0.25, -0.2) is 0 Å². The van der Waals surface area contributed by atoms with E-state index in [1.165, 1.54) is 10.9 Å². The van der Waals surface area contributed by atoms with Crippen molar-refractivity contribution in [3.63, 3.8) is 0 Å². The minimum atomic E-state index is -0.723. The van der Waals surface area contributed by atoms with Gasteiger partial charge in [-0.15, -0.1) is 0 Å². The van der Waals surface area contributed by atoms with Gasteiger partial charge in [0.15, 0.2) is 0 Å². The Hall–Kier alpha value is -1.85. The van der Waals surface area contributed by atoms with Crippen molar-refractivity contribution in [1.82, 2.24) is 15.2 Å². The van der Waals surface area contributed by atoms with Gasteiger partial charge in [-0.2, -0.15) is 0 Å². The number of benzene rings is 1. The molecule has 21 heavy (non-hydrogen) atoms. The zero-order chi connectivity index (χ0) is 14.7. The number of nitrogens with zero attached hydrogens (tertiary/aromatic N) is 1. The van der Waals surface area contributed by atoms with Crippen molar-refractivity contribution in [2.45, 2.75) is 18.9 Å². The van der Waals surface area contributed by atoms with Gasteiger partial charge in [0.1, 0.15) is 0 Å². The third-order valence-corrected chi connectivity index (χ3v) is 4.22. The van der Waals surface area contributed by atoms with Crippen molar-refractivity contribution < 1.29 is 9.90 Å². The lowest BCUT2D eigenvalue weighted by atomic mass is 10.0. The molecule has 3 rings (SSSR count). The van der Waals surface area contributed by atoms with E-state index in [2.05, 4.69) is 39.6 Å². The van der Waals surface area contributed by atoms with E-state index in [9.17, 15) is 4.79 Å². The van der Waals surface area contributed by atoms with Gasteiger partial charge in [-0.1, -0.05) is 18.2 Å². The molecule has 1 aromatic carbocycles. The highest BCUT2D eigenvalue weighted by Crippen LogP contribution is 2.21. The number of aromatic nitrogens is 1. The Balaban J connectivity index is 1.73. The smallest absolute Gasteiger partial charge is 0.304 e. The lowest BCUT2D eigenvalue weighted by Gasteiger charge is -2.36. The summed E-state index contributed by atoms with van der Waals surface area (Å²) in [5.41, 5.74) is 2.47. The van der Waals surface area contributed by atoms with Crippen LogP contribution in [0.3, 0.4) is 0 Å². The predicted octanol–water partition coefficient (Wildman–Crippen LogP) is 1.46. The number of aromatic amines is 1. The minimum Gasteiger partial charge on any atom is -0.481 e. The van der Waals surface area contributed by atoms with Crippen LogP contribution in [0.1, 0.15) is 12.0 Å². The zero-order valence-corrected chi connectivity index (χ0v) is 12.0. The maximum atomic E-state index is 10.8. The number of piperazine rings is 1. The Kier molecular flexibility index (Phi) is 4.22. The molecule has 1 aliphatic rings. The SMILES string of the molecule is O=C(O)CCN1CCNCC1Cc1c[nH]c2ccccc12. The number of rotatable bonds is 5. The van der Waals surface area contributed by atoms with Crippen LogP contribution in [-0.4, -0.2) is 53.2 Å². The molecule has 0 saturated carbocycles. The first-order valence-electron chi connectivity index (χ1n) is 7.45. The zero-order valence-electron chi connectivity index (χ0n) is 12.0. The average molecular weight is 287 g/mol. The summed E-state index contributed by atoms with van der Waals surface area (Å²) in [7, 11) is 0. The Bertz CT molecular complexity index is 623. The highest BCUT2D eigenvalue weighted by molar-refractivity contribution is 5.83. The van der Waals surface area contributed by atoms with Crippen LogP contribution in [0.4, 0.5) is 0 Å². The quantitative estimate of drug-likeness (QED) is 0.779. The summed E-state index contributed by atoms with van der Waals surface area (Å²) in [6, 6.07) is 8.67. The van der Waals surface area contributed by atoms with Gasteiger partial charge in [0.2, 0.25) is 0 Å². The molecular weight excluding hydrogens is 266 g/mol. The van der Waals surface area contributed by atoms with Crippen LogP contribution in [0.25, 0.3) is 10.9 Å². The molecule has 0 aliphatic carbocycles. The van der Waals surface area contributed by atoms with Crippen LogP contribution in [0, 0.1) is 0 Å². The number of hydrogen-bond donors (Lipinski definition) is 3. The third kappa shape index (κ3) is 3.25. The summed E-state index contributed by atoms with van der Waals surface area (Å²) in [4.78, 5) is 16.4. The highest BCUT2D eigenvalue weighted by Gasteiger charge is 2.23. The minimum absolute atomic E-state index is 0.213. The second-order valence-electron chi connectivity index (χ2n) is 5.60. The van der Waals surface area contributed by atoms with Crippen LogP contribution in [-0.2, 0) is 11.2 Å². The standard InChI is InChI=1S/C16H21N3O2/c20-16(21)5-7-19-8-6-17-11-13(19)9-12-10-18-15-4-2-1-3-14(12)15/h1-4,10,13,17-18H,5-9,11H2,(H,20,21). The average Bonchev–Trinajstić information content (AvgIpc) is 2.90. The van der Waals surface area contributed by atoms with Gasteiger partial charge in [0, 0.05) is 49.3 Å². The largest absolute Gasteiger partial charge is 0.481 e. The molecule has 1 aliphatic heterocycles. The summed E-state index contributed by atoms with van der Waals surface area (Å²) in [6.45, 7) is 3.40. The number of aliphatic carboxylic acids is 1. The number of nitrogens with one attached hydrogen (secondary N) is 2. The summed E-state index contributed by atoms with van der Waals surface area (Å²) in [6.07, 6.45) is 3.23. The number of H-pyrrole nitrogens is 1. The first kappa shape index (κ1) is 14.1. The van der Waals surface area contributed by atoms with E-state index < -0.39 is 5.97 Å². The topological polar surface area (TPSA) is 68.4 Å². The third-order valence-electron chi connectivity index (χ3n) is 4.22. The van der Waals surface area contributed by atoms with Gasteiger partial charge in [-0.3, -0.25) is 9.69 Å². The molecule has 2 aromatic rings. The maximum Gasteiger partial charge on any atom is 0.304 e. The first-order valence-corrected chi connectivity index (χ1v) is 7.45. The molecule has 1 aromatic heterocycles. The van der Waals surface area contributed by atoms with E-state index in [4.69, 9.17) is 5.11 Å². The fraction of sp³-hybridized carbons (Fsp3) is 0.438. The molecule has 0 spiro atoms. The van der Waals surface area contributed by atoms with Gasteiger partial charge >= 0.3 is 5.97 Å². The first-order chi connectivity index (χ1) is 10.2. The second kappa shape index (κ2) is 6.28. The van der Waals surface area contributed by atoms with Crippen molar-refractivity contribution in [3.8, 4) is 0 Å². The Morgan fingerprint density at radius 1 is 1.38 bits per heavy atom. The number of fused-ring (bicyclic) bond motifs is 1. The van der Waals surface area contributed by atoms with Crippen molar-refractivity contribution in [2.24, 2.45) is 0 Å². The molecule has 5 nitrogen and oxygen atoms in total. The molecule has 1 unspecified atom stereocenters. The molecule has 5 heteroatoms. The Labute approximate surface area is 124 Å². The Morgan fingerprint density at radius 2 is 2.24 bits per heavy atom. The van der Waals surface area contributed by atoms with Crippen molar-refractivity contribution in [3.05, 3.63) is 36.0 Å². The molecule has 1 fully saturated rings. The molecular formula is C16H21N3O2. The Morgan fingerprint density at radius 3 is 3.10 bits per heavy atom. The van der Waals surface area contributed by atoms with Crippen LogP contribution in [0.2, 0.25) is 0 Å². The van der Waals surface area contributed by atoms with Crippen molar-refractivity contribution >= 4 is 16.9 Å². The molecule has 1 atom stereocenters. The van der Waals surface area contributed by atoms with Crippen molar-refractivity contribution in [1.29, 1.82) is 0 Å². The van der Waals surface area contributed by atoms with Crippen LogP contribution >= 0.6 is 0 Å². The number of carboxylic acids is 1. The molecule has 0 amide bonds. The molecule has 0 bridgehead atoms. The van der Waals surface area contributed by atoms with E-state index in [0.29, 0.717) is 12.6 Å². The number of carbonyl (C=O) groups is 1. The molecule has 112 valence electrons. The van der Waals surface area contributed by atoms with Gasteiger partial charge in [0.25, 0.3) is 0 Å².